The average molecular weight is 291 g/mol. The highest BCUT2D eigenvalue weighted by Gasteiger charge is 2.12. The van der Waals surface area contributed by atoms with E-state index in [4.69, 9.17) is 19.0 Å². The van der Waals surface area contributed by atoms with Gasteiger partial charge in [0.25, 0.3) is 0 Å². The van der Waals surface area contributed by atoms with E-state index in [1.807, 2.05) is 6.07 Å². The number of ether oxygens (including phenoxy) is 2. The second-order valence-corrected chi connectivity index (χ2v) is 4.92. The molecule has 6 nitrogen and oxygen atoms in total. The lowest BCUT2D eigenvalue weighted by Gasteiger charge is -2.26. The molecule has 2 aromatic rings. The lowest BCUT2D eigenvalue weighted by Crippen LogP contribution is -2.38. The van der Waals surface area contributed by atoms with Crippen LogP contribution >= 0.6 is 0 Å². The molecule has 2 heterocycles. The van der Waals surface area contributed by atoms with E-state index in [-0.39, 0.29) is 5.76 Å². The fourth-order valence-corrected chi connectivity index (χ4v) is 2.32. The smallest absolute Gasteiger partial charge is 0.371 e. The third-order valence-electron chi connectivity index (χ3n) is 3.48. The van der Waals surface area contributed by atoms with Crippen molar-refractivity contribution in [3.8, 4) is 5.75 Å². The van der Waals surface area contributed by atoms with Gasteiger partial charge in [-0.1, -0.05) is 0 Å². The van der Waals surface area contributed by atoms with Crippen molar-refractivity contribution in [3.05, 3.63) is 30.0 Å². The van der Waals surface area contributed by atoms with Gasteiger partial charge in [0, 0.05) is 31.1 Å². The van der Waals surface area contributed by atoms with Crippen molar-refractivity contribution >= 4 is 16.9 Å². The molecule has 0 aliphatic carbocycles. The van der Waals surface area contributed by atoms with Crippen molar-refractivity contribution in [1.29, 1.82) is 0 Å². The molecule has 3 rings (SSSR count). The summed E-state index contributed by atoms with van der Waals surface area (Å²) in [5, 5.41) is 9.66. The highest BCUT2D eigenvalue weighted by Crippen LogP contribution is 2.24. The number of hydrogen-bond acceptors (Lipinski definition) is 5. The first-order valence-electron chi connectivity index (χ1n) is 6.92. The van der Waals surface area contributed by atoms with Gasteiger partial charge >= 0.3 is 5.97 Å². The van der Waals surface area contributed by atoms with Gasteiger partial charge in [-0.3, -0.25) is 4.90 Å². The van der Waals surface area contributed by atoms with E-state index >= 15 is 0 Å². The van der Waals surface area contributed by atoms with E-state index in [9.17, 15) is 4.79 Å². The lowest BCUT2D eigenvalue weighted by molar-refractivity contribution is 0.0322. The molecule has 0 radical (unpaired) electrons. The van der Waals surface area contributed by atoms with Gasteiger partial charge in [-0.05, 0) is 18.2 Å². The number of nitrogens with zero attached hydrogens (tertiary/aromatic N) is 1. The number of fused-ring (bicyclic) bond motifs is 1. The zero-order valence-electron chi connectivity index (χ0n) is 11.6. The topological polar surface area (TPSA) is 72.1 Å². The van der Waals surface area contributed by atoms with Crippen LogP contribution in [-0.2, 0) is 4.74 Å². The Hall–Kier alpha value is -2.05. The number of carbonyl (C=O) groups is 1. The Morgan fingerprint density at radius 2 is 2.10 bits per heavy atom. The van der Waals surface area contributed by atoms with E-state index in [2.05, 4.69) is 4.90 Å². The molecule has 0 bridgehead atoms. The zero-order chi connectivity index (χ0) is 14.7. The van der Waals surface area contributed by atoms with Crippen molar-refractivity contribution in [1.82, 2.24) is 4.90 Å². The summed E-state index contributed by atoms with van der Waals surface area (Å²) in [6, 6.07) is 6.86. The van der Waals surface area contributed by atoms with Crippen LogP contribution < -0.4 is 4.74 Å². The molecule has 1 aliphatic heterocycles. The van der Waals surface area contributed by atoms with E-state index in [0.717, 1.165) is 38.2 Å². The van der Waals surface area contributed by atoms with E-state index in [0.29, 0.717) is 17.9 Å². The van der Waals surface area contributed by atoms with E-state index < -0.39 is 5.97 Å². The summed E-state index contributed by atoms with van der Waals surface area (Å²) < 4.78 is 16.2. The molecular formula is C15H17NO5. The third kappa shape index (κ3) is 3.34. The molecular weight excluding hydrogens is 274 g/mol. The number of carboxylic acid groups (broad SMARTS) is 1. The number of hydrogen-bond donors (Lipinski definition) is 1. The number of aromatic carboxylic acids is 1. The number of morpholine rings is 1. The fraction of sp³-hybridized carbons (Fsp3) is 0.400. The van der Waals surface area contributed by atoms with E-state index in [1.54, 1.807) is 12.1 Å². The van der Waals surface area contributed by atoms with Crippen LogP contribution in [0.2, 0.25) is 0 Å². The van der Waals surface area contributed by atoms with Crippen LogP contribution in [-0.4, -0.2) is 55.4 Å². The summed E-state index contributed by atoms with van der Waals surface area (Å²) in [7, 11) is 0. The largest absolute Gasteiger partial charge is 0.492 e. The summed E-state index contributed by atoms with van der Waals surface area (Å²) in [5.41, 5.74) is 0.524. The second-order valence-electron chi connectivity index (χ2n) is 4.92. The Labute approximate surface area is 121 Å². The minimum atomic E-state index is -1.07. The molecule has 1 aliphatic rings. The molecule has 0 saturated carbocycles. The normalized spacial score (nSPS) is 16.2. The number of carboxylic acids is 1. The molecule has 1 aromatic carbocycles. The van der Waals surface area contributed by atoms with Crippen LogP contribution in [0.3, 0.4) is 0 Å². The summed E-state index contributed by atoms with van der Waals surface area (Å²) in [6.07, 6.45) is 0. The van der Waals surface area contributed by atoms with Crippen LogP contribution in [0.4, 0.5) is 0 Å². The summed E-state index contributed by atoms with van der Waals surface area (Å²) >= 11 is 0. The monoisotopic (exact) mass is 291 g/mol. The molecule has 0 amide bonds. The maximum atomic E-state index is 10.9. The molecule has 0 unspecified atom stereocenters. The second kappa shape index (κ2) is 6.15. The quantitative estimate of drug-likeness (QED) is 0.906. The van der Waals surface area contributed by atoms with Crippen molar-refractivity contribution in [3.63, 3.8) is 0 Å². The Bertz CT molecular complexity index is 630. The molecule has 0 atom stereocenters. The maximum Gasteiger partial charge on any atom is 0.371 e. The Kier molecular flexibility index (Phi) is 4.08. The van der Waals surface area contributed by atoms with Crippen molar-refractivity contribution in [2.75, 3.05) is 39.5 Å². The number of furan rings is 1. The van der Waals surface area contributed by atoms with Crippen LogP contribution in [0, 0.1) is 0 Å². The Morgan fingerprint density at radius 3 is 2.86 bits per heavy atom. The van der Waals surface area contributed by atoms with Crippen LogP contribution in [0.15, 0.2) is 28.7 Å². The van der Waals surface area contributed by atoms with Crippen molar-refractivity contribution < 1.29 is 23.8 Å². The predicted octanol–water partition coefficient (Wildman–Crippen LogP) is 1.84. The molecule has 6 heteroatoms. The van der Waals surface area contributed by atoms with Crippen LogP contribution in [0.1, 0.15) is 10.6 Å². The lowest BCUT2D eigenvalue weighted by atomic mass is 10.2. The summed E-state index contributed by atoms with van der Waals surface area (Å²) in [5.74, 6) is -0.446. The fourth-order valence-electron chi connectivity index (χ4n) is 2.32. The number of benzene rings is 1. The van der Waals surface area contributed by atoms with Gasteiger partial charge in [0.05, 0.1) is 13.2 Å². The summed E-state index contributed by atoms with van der Waals surface area (Å²) in [4.78, 5) is 13.2. The minimum Gasteiger partial charge on any atom is -0.492 e. The number of rotatable bonds is 5. The van der Waals surface area contributed by atoms with Gasteiger partial charge in [0.1, 0.15) is 17.9 Å². The first kappa shape index (κ1) is 13.9. The molecule has 0 spiro atoms. The molecule has 1 fully saturated rings. The molecule has 112 valence electrons. The standard InChI is InChI=1S/C15H17NO5/c17-15(18)14-9-11-1-2-12(10-13(11)21-14)20-8-5-16-3-6-19-7-4-16/h1-2,9-10H,3-8H2,(H,17,18). The predicted molar refractivity (Wildman–Crippen MR) is 75.9 cm³/mol. The van der Waals surface area contributed by atoms with Gasteiger partial charge in [-0.25, -0.2) is 4.79 Å². The van der Waals surface area contributed by atoms with E-state index in [1.165, 1.54) is 6.07 Å². The Morgan fingerprint density at radius 1 is 1.29 bits per heavy atom. The van der Waals surface area contributed by atoms with Crippen LogP contribution in [0.5, 0.6) is 5.75 Å². The Balaban J connectivity index is 1.60. The van der Waals surface area contributed by atoms with Crippen molar-refractivity contribution in [2.45, 2.75) is 0 Å². The van der Waals surface area contributed by atoms with Crippen LogP contribution in [0.25, 0.3) is 11.0 Å². The van der Waals surface area contributed by atoms with Gasteiger partial charge in [-0.2, -0.15) is 0 Å². The summed E-state index contributed by atoms with van der Waals surface area (Å²) in [6.45, 7) is 4.84. The highest BCUT2D eigenvalue weighted by atomic mass is 16.5. The minimum absolute atomic E-state index is 0.0598. The maximum absolute atomic E-state index is 10.9. The first-order chi connectivity index (χ1) is 10.2. The average Bonchev–Trinajstić information content (AvgIpc) is 2.92. The first-order valence-corrected chi connectivity index (χ1v) is 6.92. The SMILES string of the molecule is O=C(O)c1cc2ccc(OCCN3CCOCC3)cc2o1. The highest BCUT2D eigenvalue weighted by molar-refractivity contribution is 5.91. The molecule has 21 heavy (non-hydrogen) atoms. The third-order valence-corrected chi connectivity index (χ3v) is 3.48. The van der Waals surface area contributed by atoms with Gasteiger partial charge in [0.2, 0.25) is 5.76 Å². The molecule has 1 aromatic heterocycles. The zero-order valence-corrected chi connectivity index (χ0v) is 11.6. The van der Waals surface area contributed by atoms with Crippen molar-refractivity contribution in [2.24, 2.45) is 0 Å². The van der Waals surface area contributed by atoms with Gasteiger partial charge in [-0.15, -0.1) is 0 Å². The van der Waals surface area contributed by atoms with Gasteiger partial charge < -0.3 is 19.0 Å². The molecule has 1 saturated heterocycles. The molecule has 1 N–H and O–H groups in total. The van der Waals surface area contributed by atoms with Gasteiger partial charge in [0.15, 0.2) is 0 Å².